The van der Waals surface area contributed by atoms with Crippen molar-refractivity contribution in [2.24, 2.45) is 7.05 Å². The molecular formula is C17H13NO3. The maximum Gasteiger partial charge on any atom is 0.373 e. The van der Waals surface area contributed by atoms with Gasteiger partial charge in [0.1, 0.15) is 12.4 Å². The zero-order valence-electron chi connectivity index (χ0n) is 11.5. The van der Waals surface area contributed by atoms with Crippen LogP contribution in [0.4, 0.5) is 0 Å². The standard InChI is InChI=1S/C16H13NO.CO2/c1-17-14-8-4-2-6-11(14)13-10-18-15-9-5-3-7-12(15)16(13)17;2-1-3/h2-9H,10H2,1H3;. The zero-order valence-corrected chi connectivity index (χ0v) is 11.5. The van der Waals surface area contributed by atoms with E-state index in [0.29, 0.717) is 6.61 Å². The van der Waals surface area contributed by atoms with Gasteiger partial charge in [-0.2, -0.15) is 9.59 Å². The van der Waals surface area contributed by atoms with Crippen LogP contribution >= 0.6 is 0 Å². The van der Waals surface area contributed by atoms with Crippen molar-refractivity contribution >= 4 is 17.1 Å². The van der Waals surface area contributed by atoms with E-state index in [-0.39, 0.29) is 6.15 Å². The summed E-state index contributed by atoms with van der Waals surface area (Å²) < 4.78 is 8.13. The van der Waals surface area contributed by atoms with Crippen LogP contribution in [0.3, 0.4) is 0 Å². The average molecular weight is 279 g/mol. The van der Waals surface area contributed by atoms with E-state index in [1.165, 1.54) is 27.7 Å². The number of carbonyl (C=O) groups excluding carboxylic acids is 2. The third-order valence-corrected chi connectivity index (χ3v) is 3.73. The Morgan fingerprint density at radius 2 is 1.71 bits per heavy atom. The molecule has 0 N–H and O–H groups in total. The summed E-state index contributed by atoms with van der Waals surface area (Å²) in [5.74, 6) is 0.982. The molecule has 2 aromatic carbocycles. The molecule has 1 aliphatic heterocycles. The fourth-order valence-corrected chi connectivity index (χ4v) is 2.90. The summed E-state index contributed by atoms with van der Waals surface area (Å²) in [4.78, 5) is 16.2. The molecule has 0 bridgehead atoms. The minimum atomic E-state index is 0.250. The number of aryl methyl sites for hydroxylation is 1. The van der Waals surface area contributed by atoms with Gasteiger partial charge in [0.25, 0.3) is 0 Å². The Balaban J connectivity index is 0.000000409. The highest BCUT2D eigenvalue weighted by Crippen LogP contribution is 2.41. The van der Waals surface area contributed by atoms with Crippen LogP contribution in [0.5, 0.6) is 5.75 Å². The lowest BCUT2D eigenvalue weighted by Gasteiger charge is -2.19. The van der Waals surface area contributed by atoms with Crippen LogP contribution in [0.2, 0.25) is 0 Å². The first-order valence-electron chi connectivity index (χ1n) is 6.55. The van der Waals surface area contributed by atoms with Crippen LogP contribution in [0.1, 0.15) is 5.56 Å². The first-order chi connectivity index (χ1) is 10.3. The van der Waals surface area contributed by atoms with Gasteiger partial charge in [0.05, 0.1) is 5.69 Å². The lowest BCUT2D eigenvalue weighted by Crippen LogP contribution is -2.06. The number of rotatable bonds is 0. The molecule has 0 saturated heterocycles. The summed E-state index contributed by atoms with van der Waals surface area (Å²) in [7, 11) is 2.13. The topological polar surface area (TPSA) is 48.3 Å². The molecule has 0 atom stereocenters. The number of hydrogen-bond acceptors (Lipinski definition) is 3. The highest BCUT2D eigenvalue weighted by Gasteiger charge is 2.23. The van der Waals surface area contributed by atoms with Crippen LogP contribution < -0.4 is 4.74 Å². The number of para-hydroxylation sites is 2. The maximum absolute atomic E-state index is 8.12. The molecule has 21 heavy (non-hydrogen) atoms. The molecule has 1 aromatic heterocycles. The molecular weight excluding hydrogens is 266 g/mol. The lowest BCUT2D eigenvalue weighted by atomic mass is 10.0. The molecule has 0 amide bonds. The van der Waals surface area contributed by atoms with Crippen molar-refractivity contribution in [3.63, 3.8) is 0 Å². The smallest absolute Gasteiger partial charge is 0.373 e. The Morgan fingerprint density at radius 3 is 2.52 bits per heavy atom. The fraction of sp³-hybridized carbons (Fsp3) is 0.118. The van der Waals surface area contributed by atoms with E-state index in [2.05, 4.69) is 48.0 Å². The summed E-state index contributed by atoms with van der Waals surface area (Å²) in [6.07, 6.45) is 0.250. The molecule has 4 nitrogen and oxygen atoms in total. The van der Waals surface area contributed by atoms with E-state index in [9.17, 15) is 0 Å². The van der Waals surface area contributed by atoms with Gasteiger partial charge in [-0.3, -0.25) is 0 Å². The molecule has 104 valence electrons. The van der Waals surface area contributed by atoms with Crippen molar-refractivity contribution in [1.29, 1.82) is 0 Å². The van der Waals surface area contributed by atoms with Crippen LogP contribution in [0.25, 0.3) is 22.2 Å². The molecule has 0 radical (unpaired) electrons. The Morgan fingerprint density at radius 1 is 1.05 bits per heavy atom. The molecule has 0 fully saturated rings. The van der Waals surface area contributed by atoms with Crippen molar-refractivity contribution < 1.29 is 14.3 Å². The van der Waals surface area contributed by atoms with E-state index in [0.717, 1.165) is 5.75 Å². The molecule has 4 heteroatoms. The van der Waals surface area contributed by atoms with E-state index < -0.39 is 0 Å². The molecule has 0 spiro atoms. The summed E-state index contributed by atoms with van der Waals surface area (Å²) >= 11 is 0. The molecule has 0 saturated carbocycles. The van der Waals surface area contributed by atoms with Gasteiger partial charge in [-0.25, -0.2) is 0 Å². The summed E-state index contributed by atoms with van der Waals surface area (Å²) in [5, 5.41) is 1.30. The third kappa shape index (κ3) is 2.02. The monoisotopic (exact) mass is 279 g/mol. The van der Waals surface area contributed by atoms with Crippen molar-refractivity contribution in [3.05, 3.63) is 54.1 Å². The van der Waals surface area contributed by atoms with E-state index in [1.807, 2.05) is 12.1 Å². The van der Waals surface area contributed by atoms with Gasteiger partial charge in [-0.1, -0.05) is 30.3 Å². The first kappa shape index (κ1) is 13.2. The Labute approximate surface area is 121 Å². The second-order valence-corrected chi connectivity index (χ2v) is 4.77. The number of aromatic nitrogens is 1. The van der Waals surface area contributed by atoms with Gasteiger partial charge in [0.15, 0.2) is 0 Å². The molecule has 0 unspecified atom stereocenters. The molecule has 3 aromatic rings. The molecule has 0 aliphatic carbocycles. The SMILES string of the molecule is Cn1c2c(c3ccccc31)COc1ccccc1-2.O=C=O. The van der Waals surface area contributed by atoms with E-state index in [1.54, 1.807) is 0 Å². The Hall–Kier alpha value is -2.84. The van der Waals surface area contributed by atoms with Crippen molar-refractivity contribution in [2.75, 3.05) is 0 Å². The van der Waals surface area contributed by atoms with Crippen molar-refractivity contribution in [3.8, 4) is 17.0 Å². The molecule has 4 rings (SSSR count). The second kappa shape index (κ2) is 5.27. The van der Waals surface area contributed by atoms with Crippen LogP contribution in [0, 0.1) is 0 Å². The highest BCUT2D eigenvalue weighted by molar-refractivity contribution is 5.93. The van der Waals surface area contributed by atoms with Crippen LogP contribution in [-0.4, -0.2) is 10.7 Å². The zero-order chi connectivity index (χ0) is 14.8. The highest BCUT2D eigenvalue weighted by atomic mass is 16.5. The van der Waals surface area contributed by atoms with E-state index >= 15 is 0 Å². The largest absolute Gasteiger partial charge is 0.488 e. The fourth-order valence-electron chi connectivity index (χ4n) is 2.90. The Bertz CT molecular complexity index is 842. The van der Waals surface area contributed by atoms with Gasteiger partial charge in [0.2, 0.25) is 0 Å². The number of nitrogens with zero attached hydrogens (tertiary/aromatic N) is 1. The maximum atomic E-state index is 8.12. The van der Waals surface area contributed by atoms with Gasteiger partial charge in [0, 0.05) is 29.1 Å². The Kier molecular flexibility index (Phi) is 3.30. The minimum absolute atomic E-state index is 0.250. The average Bonchev–Trinajstić information content (AvgIpc) is 2.82. The quantitative estimate of drug-likeness (QED) is 0.635. The van der Waals surface area contributed by atoms with Gasteiger partial charge >= 0.3 is 6.15 Å². The van der Waals surface area contributed by atoms with Crippen LogP contribution in [-0.2, 0) is 23.2 Å². The van der Waals surface area contributed by atoms with Crippen molar-refractivity contribution in [1.82, 2.24) is 4.57 Å². The number of ether oxygens (including phenoxy) is 1. The minimum Gasteiger partial charge on any atom is -0.488 e. The van der Waals surface area contributed by atoms with Crippen LogP contribution in [0.15, 0.2) is 48.5 Å². The first-order valence-corrected chi connectivity index (χ1v) is 6.55. The molecule has 2 heterocycles. The lowest BCUT2D eigenvalue weighted by molar-refractivity contribution is -0.191. The third-order valence-electron chi connectivity index (χ3n) is 3.73. The summed E-state index contributed by atoms with van der Waals surface area (Å²) in [6, 6.07) is 16.8. The van der Waals surface area contributed by atoms with Gasteiger partial charge in [-0.15, -0.1) is 0 Å². The summed E-state index contributed by atoms with van der Waals surface area (Å²) in [5.41, 5.74) is 5.05. The second-order valence-electron chi connectivity index (χ2n) is 4.77. The van der Waals surface area contributed by atoms with Gasteiger partial charge < -0.3 is 9.30 Å². The number of fused-ring (bicyclic) bond motifs is 5. The number of benzene rings is 2. The summed E-state index contributed by atoms with van der Waals surface area (Å²) in [6.45, 7) is 0.660. The normalized spacial score (nSPS) is 11.5. The molecule has 1 aliphatic rings. The predicted molar refractivity (Wildman–Crippen MR) is 77.7 cm³/mol. The number of hydrogen-bond donors (Lipinski definition) is 0. The van der Waals surface area contributed by atoms with Gasteiger partial charge in [-0.05, 0) is 18.2 Å². The predicted octanol–water partition coefficient (Wildman–Crippen LogP) is 3.15. The van der Waals surface area contributed by atoms with Crippen molar-refractivity contribution in [2.45, 2.75) is 6.61 Å². The van der Waals surface area contributed by atoms with E-state index in [4.69, 9.17) is 14.3 Å².